The molecule has 0 bridgehead atoms. The van der Waals surface area contributed by atoms with Gasteiger partial charge in [-0.3, -0.25) is 9.89 Å². The van der Waals surface area contributed by atoms with Crippen molar-refractivity contribution in [1.29, 1.82) is 0 Å². The number of H-pyrrole nitrogens is 1. The molecular weight excluding hydrogens is 204 g/mol. The van der Waals surface area contributed by atoms with E-state index in [1.165, 1.54) is 0 Å². The molecule has 0 saturated carbocycles. The molecule has 0 aliphatic heterocycles. The van der Waals surface area contributed by atoms with Gasteiger partial charge in [0.05, 0.1) is 12.1 Å². The third-order valence-electron chi connectivity index (χ3n) is 2.31. The number of aromatic nitrogens is 2. The zero-order chi connectivity index (χ0) is 11.4. The summed E-state index contributed by atoms with van der Waals surface area (Å²) < 4.78 is 0. The van der Waals surface area contributed by atoms with Crippen molar-refractivity contribution < 1.29 is 9.90 Å². The summed E-state index contributed by atoms with van der Waals surface area (Å²) in [6.07, 6.45) is 0.603. The van der Waals surface area contributed by atoms with Gasteiger partial charge in [0, 0.05) is 11.3 Å². The van der Waals surface area contributed by atoms with E-state index in [1.807, 2.05) is 36.4 Å². The molecule has 0 aliphatic rings. The first-order chi connectivity index (χ1) is 7.75. The summed E-state index contributed by atoms with van der Waals surface area (Å²) in [5.74, 6) is -0.795. The van der Waals surface area contributed by atoms with Gasteiger partial charge in [-0.25, -0.2) is 0 Å². The van der Waals surface area contributed by atoms with Gasteiger partial charge in [-0.15, -0.1) is 0 Å². The molecule has 0 unspecified atom stereocenters. The average Bonchev–Trinajstić information content (AvgIpc) is 2.76. The van der Waals surface area contributed by atoms with E-state index in [0.717, 1.165) is 17.0 Å². The molecule has 16 heavy (non-hydrogen) atoms. The molecule has 1 aromatic heterocycles. The summed E-state index contributed by atoms with van der Waals surface area (Å²) in [5, 5.41) is 15.6. The number of hydrogen-bond donors (Lipinski definition) is 2. The Morgan fingerprint density at radius 3 is 2.75 bits per heavy atom. The first-order valence-corrected chi connectivity index (χ1v) is 5.07. The summed E-state index contributed by atoms with van der Waals surface area (Å²) in [7, 11) is 0. The van der Waals surface area contributed by atoms with Gasteiger partial charge in [-0.05, 0) is 12.5 Å². The van der Waals surface area contributed by atoms with E-state index >= 15 is 0 Å². The fraction of sp³-hybridized carbons (Fsp3) is 0.167. The van der Waals surface area contributed by atoms with Crippen LogP contribution in [0.15, 0.2) is 36.4 Å². The van der Waals surface area contributed by atoms with Crippen LogP contribution in [0.25, 0.3) is 11.3 Å². The first kappa shape index (κ1) is 10.4. The van der Waals surface area contributed by atoms with Crippen LogP contribution in [0.2, 0.25) is 0 Å². The van der Waals surface area contributed by atoms with Gasteiger partial charge in [-0.1, -0.05) is 30.3 Å². The third kappa shape index (κ3) is 2.48. The number of nitrogens with one attached hydrogen (secondary N) is 1. The Hall–Kier alpha value is -2.10. The summed E-state index contributed by atoms with van der Waals surface area (Å²) in [6.45, 7) is 0. The minimum absolute atomic E-state index is 0.121. The first-order valence-electron chi connectivity index (χ1n) is 5.07. The maximum atomic E-state index is 10.4. The Labute approximate surface area is 92.9 Å². The molecule has 4 nitrogen and oxygen atoms in total. The number of rotatable bonds is 4. The van der Waals surface area contributed by atoms with Crippen LogP contribution in [0.3, 0.4) is 0 Å². The smallest absolute Gasteiger partial charge is 0.303 e. The predicted molar refractivity (Wildman–Crippen MR) is 60.0 cm³/mol. The number of nitrogens with zero attached hydrogens (tertiary/aromatic N) is 1. The van der Waals surface area contributed by atoms with Crippen LogP contribution >= 0.6 is 0 Å². The minimum atomic E-state index is -0.795. The molecule has 2 N–H and O–H groups in total. The van der Waals surface area contributed by atoms with Crippen molar-refractivity contribution in [2.24, 2.45) is 0 Å². The fourth-order valence-electron chi connectivity index (χ4n) is 1.49. The zero-order valence-electron chi connectivity index (χ0n) is 8.68. The highest BCUT2D eigenvalue weighted by atomic mass is 16.4. The summed E-state index contributed by atoms with van der Waals surface area (Å²) >= 11 is 0. The van der Waals surface area contributed by atoms with E-state index in [4.69, 9.17) is 5.11 Å². The molecular formula is C12H12N2O2. The number of carboxylic acids is 1. The maximum absolute atomic E-state index is 10.4. The second kappa shape index (κ2) is 4.61. The van der Waals surface area contributed by atoms with Crippen molar-refractivity contribution in [3.8, 4) is 11.3 Å². The predicted octanol–water partition coefficient (Wildman–Crippen LogP) is 2.09. The van der Waals surface area contributed by atoms with E-state index in [1.54, 1.807) is 0 Å². The number of benzene rings is 1. The Morgan fingerprint density at radius 1 is 1.31 bits per heavy atom. The van der Waals surface area contributed by atoms with E-state index in [9.17, 15) is 4.79 Å². The van der Waals surface area contributed by atoms with Crippen LogP contribution in [0, 0.1) is 0 Å². The molecule has 2 rings (SSSR count). The highest BCUT2D eigenvalue weighted by molar-refractivity contribution is 5.67. The van der Waals surface area contributed by atoms with Crippen molar-refractivity contribution in [3.05, 3.63) is 42.1 Å². The van der Waals surface area contributed by atoms with Crippen LogP contribution in [0.5, 0.6) is 0 Å². The van der Waals surface area contributed by atoms with Crippen LogP contribution in [-0.4, -0.2) is 21.3 Å². The van der Waals surface area contributed by atoms with Crippen molar-refractivity contribution in [2.45, 2.75) is 12.8 Å². The highest BCUT2D eigenvalue weighted by Crippen LogP contribution is 2.17. The molecule has 0 aliphatic carbocycles. The molecule has 0 amide bonds. The van der Waals surface area contributed by atoms with Gasteiger partial charge >= 0.3 is 5.97 Å². The van der Waals surface area contributed by atoms with E-state index in [0.29, 0.717) is 6.42 Å². The number of hydrogen-bond acceptors (Lipinski definition) is 2. The Morgan fingerprint density at radius 2 is 2.06 bits per heavy atom. The van der Waals surface area contributed by atoms with Crippen LogP contribution in [0.1, 0.15) is 12.1 Å². The van der Waals surface area contributed by atoms with Gasteiger partial charge in [0.1, 0.15) is 0 Å². The number of aliphatic carboxylic acids is 1. The molecule has 0 spiro atoms. The second-order valence-corrected chi connectivity index (χ2v) is 3.54. The molecule has 0 radical (unpaired) electrons. The quantitative estimate of drug-likeness (QED) is 0.822. The molecule has 1 heterocycles. The molecule has 4 heteroatoms. The van der Waals surface area contributed by atoms with Gasteiger partial charge in [0.25, 0.3) is 0 Å². The monoisotopic (exact) mass is 216 g/mol. The lowest BCUT2D eigenvalue weighted by atomic mass is 10.1. The van der Waals surface area contributed by atoms with Crippen molar-refractivity contribution in [2.75, 3.05) is 0 Å². The topological polar surface area (TPSA) is 66.0 Å². The van der Waals surface area contributed by atoms with E-state index in [-0.39, 0.29) is 6.42 Å². The second-order valence-electron chi connectivity index (χ2n) is 3.54. The molecule has 0 atom stereocenters. The Kier molecular flexibility index (Phi) is 3.00. The largest absolute Gasteiger partial charge is 0.481 e. The van der Waals surface area contributed by atoms with Crippen molar-refractivity contribution >= 4 is 5.97 Å². The third-order valence-corrected chi connectivity index (χ3v) is 2.31. The van der Waals surface area contributed by atoms with Crippen LogP contribution in [-0.2, 0) is 11.2 Å². The standard InChI is InChI=1S/C12H12N2O2/c15-12(16)7-6-10-8-11(14-13-10)9-4-2-1-3-5-9/h1-5,8H,6-7H2,(H,13,14)(H,15,16). The van der Waals surface area contributed by atoms with Gasteiger partial charge < -0.3 is 5.11 Å². The molecule has 0 saturated heterocycles. The molecule has 2 aromatic rings. The summed E-state index contributed by atoms with van der Waals surface area (Å²) in [4.78, 5) is 10.4. The van der Waals surface area contributed by atoms with Crippen LogP contribution in [0.4, 0.5) is 0 Å². The van der Waals surface area contributed by atoms with Crippen LogP contribution < -0.4 is 0 Å². The molecule has 1 aromatic carbocycles. The summed E-state index contributed by atoms with van der Waals surface area (Å²) in [5.41, 5.74) is 2.72. The highest BCUT2D eigenvalue weighted by Gasteiger charge is 2.04. The van der Waals surface area contributed by atoms with Gasteiger partial charge in [0.15, 0.2) is 0 Å². The fourth-order valence-corrected chi connectivity index (χ4v) is 1.49. The van der Waals surface area contributed by atoms with Gasteiger partial charge in [0.2, 0.25) is 0 Å². The number of carboxylic acid groups (broad SMARTS) is 1. The SMILES string of the molecule is O=C(O)CCc1cc(-c2ccccc2)n[nH]1. The molecule has 0 fully saturated rings. The lowest BCUT2D eigenvalue weighted by Crippen LogP contribution is -1.97. The Bertz CT molecular complexity index is 477. The van der Waals surface area contributed by atoms with E-state index < -0.39 is 5.97 Å². The van der Waals surface area contributed by atoms with Crippen molar-refractivity contribution in [3.63, 3.8) is 0 Å². The summed E-state index contributed by atoms with van der Waals surface area (Å²) in [6, 6.07) is 11.7. The number of carbonyl (C=O) groups is 1. The average molecular weight is 216 g/mol. The Balaban J connectivity index is 2.11. The normalized spacial score (nSPS) is 10.2. The van der Waals surface area contributed by atoms with Gasteiger partial charge in [-0.2, -0.15) is 5.10 Å². The zero-order valence-corrected chi connectivity index (χ0v) is 8.68. The lowest BCUT2D eigenvalue weighted by molar-refractivity contribution is -0.136. The van der Waals surface area contributed by atoms with E-state index in [2.05, 4.69) is 10.2 Å². The lowest BCUT2D eigenvalue weighted by Gasteiger charge is -1.93. The molecule has 82 valence electrons. The minimum Gasteiger partial charge on any atom is -0.481 e. The van der Waals surface area contributed by atoms with Crippen molar-refractivity contribution in [1.82, 2.24) is 10.2 Å². The maximum Gasteiger partial charge on any atom is 0.303 e. The number of aromatic amines is 1. The number of aryl methyl sites for hydroxylation is 1.